The number of hydrogen-bond acceptors (Lipinski definition) is 3. The van der Waals surface area contributed by atoms with E-state index in [-0.39, 0.29) is 18.2 Å². The van der Waals surface area contributed by atoms with Crippen molar-refractivity contribution in [3.63, 3.8) is 0 Å². The number of H-pyrrole nitrogens is 1. The number of aromatic amines is 1. The number of oxazole rings is 1. The Balaban J connectivity index is 0.00000240. The smallest absolute Gasteiger partial charge is 0.181 e. The first kappa shape index (κ1) is 20.5. The molecule has 0 saturated carbocycles. The van der Waals surface area contributed by atoms with Crippen LogP contribution in [0.5, 0.6) is 0 Å². The lowest BCUT2D eigenvalue weighted by atomic mass is 9.95. The molecule has 146 valence electrons. The molecule has 2 aromatic heterocycles. The third-order valence-corrected chi connectivity index (χ3v) is 4.96. The lowest BCUT2D eigenvalue weighted by Crippen LogP contribution is -3.00. The van der Waals surface area contributed by atoms with Gasteiger partial charge in [-0.1, -0.05) is 36.4 Å². The Morgan fingerprint density at radius 2 is 1.76 bits per heavy atom. The third-order valence-electron chi connectivity index (χ3n) is 4.96. The highest BCUT2D eigenvalue weighted by molar-refractivity contribution is 5.98. The number of rotatable bonds is 5. The zero-order chi connectivity index (χ0) is 19.5. The number of benzene rings is 2. The lowest BCUT2D eigenvalue weighted by Gasteiger charge is -2.09. The van der Waals surface area contributed by atoms with E-state index in [9.17, 15) is 4.79 Å². The molecule has 2 heterocycles. The monoisotopic (exact) mass is 404 g/mol. The maximum Gasteiger partial charge on any atom is 0.181 e. The van der Waals surface area contributed by atoms with Crippen molar-refractivity contribution in [1.82, 2.24) is 4.98 Å². The Bertz CT molecular complexity index is 1120. The Hall–Kier alpha value is -3.24. The summed E-state index contributed by atoms with van der Waals surface area (Å²) in [5.74, 6) is 0.877. The van der Waals surface area contributed by atoms with Crippen LogP contribution >= 0.6 is 0 Å². The zero-order valence-electron chi connectivity index (χ0n) is 16.3. The molecular weight excluding hydrogens is 384 g/mol. The highest BCUT2D eigenvalue weighted by Crippen LogP contribution is 2.29. The first-order chi connectivity index (χ1) is 13.6. The van der Waals surface area contributed by atoms with Crippen molar-refractivity contribution in [2.24, 2.45) is 0 Å². The minimum absolute atomic E-state index is 0. The fourth-order valence-corrected chi connectivity index (χ4v) is 3.35. The van der Waals surface area contributed by atoms with Crippen LogP contribution in [0, 0.1) is 13.8 Å². The molecule has 29 heavy (non-hydrogen) atoms. The van der Waals surface area contributed by atoms with Gasteiger partial charge in [0.25, 0.3) is 0 Å². The molecule has 1 N–H and O–H groups in total. The molecule has 0 amide bonds. The van der Waals surface area contributed by atoms with Gasteiger partial charge in [0.2, 0.25) is 0 Å². The summed E-state index contributed by atoms with van der Waals surface area (Å²) in [6.07, 6.45) is 7.18. The lowest BCUT2D eigenvalue weighted by molar-refractivity contribution is -0.378. The number of Topliss-reactive ketones (excluding diaryl/α,β-unsaturated/α-hetero) is 1. The molecule has 4 nitrogen and oxygen atoms in total. The van der Waals surface area contributed by atoms with Gasteiger partial charge in [-0.15, -0.1) is 0 Å². The molecule has 0 spiro atoms. The summed E-state index contributed by atoms with van der Waals surface area (Å²) in [5.41, 5.74) is 7.16. The average Bonchev–Trinajstić information content (AvgIpc) is 3.24. The van der Waals surface area contributed by atoms with E-state index in [4.69, 9.17) is 4.42 Å². The average molecular weight is 405 g/mol. The van der Waals surface area contributed by atoms with Gasteiger partial charge < -0.3 is 16.8 Å². The summed E-state index contributed by atoms with van der Waals surface area (Å²) in [6.45, 7) is 4.03. The Kier molecular flexibility index (Phi) is 6.25. The summed E-state index contributed by atoms with van der Waals surface area (Å²) < 4.78 is 5.41. The predicted molar refractivity (Wildman–Crippen MR) is 108 cm³/mol. The minimum atomic E-state index is 0. The van der Waals surface area contributed by atoms with Gasteiger partial charge >= 0.3 is 0 Å². The van der Waals surface area contributed by atoms with Gasteiger partial charge in [-0.2, -0.15) is 0 Å². The van der Waals surface area contributed by atoms with E-state index in [1.807, 2.05) is 37.4 Å². The van der Waals surface area contributed by atoms with Gasteiger partial charge in [-0.3, -0.25) is 4.79 Å². The van der Waals surface area contributed by atoms with Crippen LogP contribution in [-0.2, 0) is 6.42 Å². The number of carbonyl (C=O) groups excluding carboxylic acids is 1. The summed E-state index contributed by atoms with van der Waals surface area (Å²) in [6, 6.07) is 16.3. The van der Waals surface area contributed by atoms with E-state index < -0.39 is 0 Å². The predicted octanol–water partition coefficient (Wildman–Crippen LogP) is 1.87. The molecule has 0 atom stereocenters. The number of aryl methyl sites for hydroxylation is 2. The molecule has 4 rings (SSSR count). The van der Waals surface area contributed by atoms with E-state index >= 15 is 0 Å². The van der Waals surface area contributed by atoms with Crippen molar-refractivity contribution in [2.75, 3.05) is 0 Å². The van der Waals surface area contributed by atoms with Crippen LogP contribution in [0.15, 0.2) is 77.9 Å². The van der Waals surface area contributed by atoms with Gasteiger partial charge in [-0.25, -0.2) is 9.97 Å². The molecule has 0 radical (unpaired) electrons. The molecule has 0 bridgehead atoms. The van der Waals surface area contributed by atoms with E-state index in [0.717, 1.165) is 39.1 Å². The number of nitrogens with zero attached hydrogens (tertiary/aromatic N) is 1. The number of ketones is 1. The van der Waals surface area contributed by atoms with Gasteiger partial charge in [-0.05, 0) is 42.2 Å². The number of halogens is 1. The molecule has 0 aliphatic rings. The second-order valence-electron chi connectivity index (χ2n) is 6.93. The second kappa shape index (κ2) is 8.84. The standard InChI is InChI=1S/C24H20N2O2.ClH/c1-16-3-6-20(24-14-26-15-28-24)12-22(16)19-7-4-18(5-8-19)11-23(27)21-9-10-25-13-17(21)2;/h3-10,12-15H,11H2,1-2H3;1H. The molecule has 0 aliphatic heterocycles. The number of aromatic nitrogens is 2. The van der Waals surface area contributed by atoms with Crippen LogP contribution in [0.2, 0.25) is 0 Å². The number of pyridine rings is 1. The van der Waals surface area contributed by atoms with Crippen molar-refractivity contribution in [2.45, 2.75) is 20.3 Å². The quantitative estimate of drug-likeness (QED) is 0.477. The van der Waals surface area contributed by atoms with Crippen LogP contribution in [0.4, 0.5) is 0 Å². The zero-order valence-corrected chi connectivity index (χ0v) is 17.0. The van der Waals surface area contributed by atoms with Crippen molar-refractivity contribution in [3.05, 3.63) is 95.8 Å². The highest BCUT2D eigenvalue weighted by Gasteiger charge is 2.12. The Labute approximate surface area is 176 Å². The van der Waals surface area contributed by atoms with Crippen molar-refractivity contribution in [3.8, 4) is 22.5 Å². The molecule has 0 unspecified atom stereocenters. The fraction of sp³-hybridized carbons (Fsp3) is 0.125. The van der Waals surface area contributed by atoms with Crippen molar-refractivity contribution in [1.29, 1.82) is 0 Å². The van der Waals surface area contributed by atoms with Gasteiger partial charge in [0.1, 0.15) is 0 Å². The largest absolute Gasteiger partial charge is 1.00 e. The molecule has 0 aliphatic carbocycles. The van der Waals surface area contributed by atoms with Crippen LogP contribution < -0.4 is 17.4 Å². The number of carbonyl (C=O) groups is 1. The summed E-state index contributed by atoms with van der Waals surface area (Å²) in [7, 11) is 0. The van der Waals surface area contributed by atoms with Gasteiger partial charge in [0.05, 0.1) is 6.20 Å². The fourth-order valence-electron chi connectivity index (χ4n) is 3.35. The van der Waals surface area contributed by atoms with E-state index in [1.165, 1.54) is 12.0 Å². The maximum atomic E-state index is 12.6. The minimum Gasteiger partial charge on any atom is -1.00 e. The van der Waals surface area contributed by atoms with Gasteiger partial charge in [0.15, 0.2) is 30.3 Å². The van der Waals surface area contributed by atoms with Gasteiger partial charge in [0, 0.05) is 29.2 Å². The van der Waals surface area contributed by atoms with E-state index in [1.54, 1.807) is 12.4 Å². The molecule has 2 aromatic carbocycles. The summed E-state index contributed by atoms with van der Waals surface area (Å²) >= 11 is 0. The van der Waals surface area contributed by atoms with Crippen LogP contribution in [0.25, 0.3) is 22.5 Å². The number of nitrogens with one attached hydrogen (secondary N) is 1. The van der Waals surface area contributed by atoms with Crippen molar-refractivity contribution < 1.29 is 26.6 Å². The molecule has 0 saturated heterocycles. The number of hydrogen-bond donors (Lipinski definition) is 0. The Morgan fingerprint density at radius 1 is 1.00 bits per heavy atom. The Morgan fingerprint density at radius 3 is 2.45 bits per heavy atom. The first-order valence-electron chi connectivity index (χ1n) is 9.20. The van der Waals surface area contributed by atoms with Crippen LogP contribution in [-0.4, -0.2) is 10.8 Å². The molecular formula is C24H21ClN2O2. The summed E-state index contributed by atoms with van der Waals surface area (Å²) in [4.78, 5) is 19.6. The van der Waals surface area contributed by atoms with E-state index in [2.05, 4.69) is 41.2 Å². The molecule has 0 fully saturated rings. The maximum absolute atomic E-state index is 12.6. The van der Waals surface area contributed by atoms with E-state index in [0.29, 0.717) is 6.42 Å². The van der Waals surface area contributed by atoms with Crippen LogP contribution in [0.3, 0.4) is 0 Å². The molecule has 5 heteroatoms. The normalized spacial score (nSPS) is 10.4. The molecule has 4 aromatic rings. The third kappa shape index (κ3) is 4.44. The highest BCUT2D eigenvalue weighted by atomic mass is 35.5. The SMILES string of the molecule is Cc1c[nH+]ccc1C(=O)Cc1ccc(-c2cc(-c3cnco3)ccc2C)cc1.[Cl-]. The summed E-state index contributed by atoms with van der Waals surface area (Å²) in [5, 5.41) is 0. The van der Waals surface area contributed by atoms with Crippen LogP contribution in [0.1, 0.15) is 27.0 Å². The first-order valence-corrected chi connectivity index (χ1v) is 9.20. The topological polar surface area (TPSA) is 57.2 Å². The van der Waals surface area contributed by atoms with Crippen molar-refractivity contribution >= 4 is 5.78 Å². The second-order valence-corrected chi connectivity index (χ2v) is 6.93.